The number of pyridine rings is 1. The van der Waals surface area contributed by atoms with E-state index in [9.17, 15) is 9.18 Å². The van der Waals surface area contributed by atoms with E-state index in [-0.39, 0.29) is 11.8 Å². The largest absolute Gasteiger partial charge is 0.465 e. The van der Waals surface area contributed by atoms with Crippen LogP contribution in [-0.4, -0.2) is 17.6 Å². The van der Waals surface area contributed by atoms with Crippen molar-refractivity contribution in [2.45, 2.75) is 39.0 Å². The fourth-order valence-corrected chi connectivity index (χ4v) is 2.32. The highest BCUT2D eigenvalue weighted by molar-refractivity contribution is 5.82. The second-order valence-electron chi connectivity index (χ2n) is 6.14. The molecule has 0 aliphatic carbocycles. The highest BCUT2D eigenvalue weighted by Crippen LogP contribution is 2.25. The van der Waals surface area contributed by atoms with Gasteiger partial charge in [-0.3, -0.25) is 9.78 Å². The van der Waals surface area contributed by atoms with Gasteiger partial charge in [0.15, 0.2) is 0 Å². The van der Waals surface area contributed by atoms with Crippen LogP contribution in [-0.2, 0) is 21.4 Å². The minimum absolute atomic E-state index is 0.304. The number of halogens is 1. The average Bonchev–Trinajstić information content (AvgIpc) is 2.52. The zero-order valence-electron chi connectivity index (χ0n) is 13.8. The zero-order chi connectivity index (χ0) is 16.9. The molecule has 23 heavy (non-hydrogen) atoms. The molecule has 0 unspecified atom stereocenters. The van der Waals surface area contributed by atoms with Crippen molar-refractivity contribution >= 4 is 5.97 Å². The Morgan fingerprint density at radius 1 is 1.17 bits per heavy atom. The van der Waals surface area contributed by atoms with Gasteiger partial charge >= 0.3 is 5.97 Å². The number of aryl methyl sites for hydroxylation is 2. The lowest BCUT2D eigenvalue weighted by molar-refractivity contribution is -0.149. The van der Waals surface area contributed by atoms with Crippen molar-refractivity contribution in [1.29, 1.82) is 0 Å². The number of aromatic nitrogens is 1. The molecule has 0 bridgehead atoms. The van der Waals surface area contributed by atoms with Crippen LogP contribution in [0.25, 0.3) is 0 Å². The van der Waals surface area contributed by atoms with Gasteiger partial charge in [0, 0.05) is 11.4 Å². The smallest absolute Gasteiger partial charge is 0.315 e. The molecule has 122 valence electrons. The number of ether oxygens (including phenoxy) is 1. The van der Waals surface area contributed by atoms with E-state index in [0.717, 1.165) is 29.8 Å². The van der Waals surface area contributed by atoms with Crippen LogP contribution < -0.4 is 0 Å². The summed E-state index contributed by atoms with van der Waals surface area (Å²) in [6.07, 6.45) is 1.49. The van der Waals surface area contributed by atoms with Crippen LogP contribution in [0.4, 0.5) is 4.39 Å². The second kappa shape index (κ2) is 7.36. The van der Waals surface area contributed by atoms with E-state index in [1.54, 1.807) is 26.0 Å². The number of esters is 1. The van der Waals surface area contributed by atoms with E-state index in [4.69, 9.17) is 4.74 Å². The maximum atomic E-state index is 13.0. The third-order valence-corrected chi connectivity index (χ3v) is 3.83. The van der Waals surface area contributed by atoms with Gasteiger partial charge in [0.1, 0.15) is 5.82 Å². The van der Waals surface area contributed by atoms with E-state index < -0.39 is 5.41 Å². The third-order valence-electron chi connectivity index (χ3n) is 3.83. The van der Waals surface area contributed by atoms with Crippen molar-refractivity contribution in [3.63, 3.8) is 0 Å². The minimum atomic E-state index is -0.796. The summed E-state index contributed by atoms with van der Waals surface area (Å²) in [4.78, 5) is 16.7. The van der Waals surface area contributed by atoms with E-state index in [1.165, 1.54) is 12.1 Å². The molecule has 0 amide bonds. The number of hydrogen-bond acceptors (Lipinski definition) is 3. The topological polar surface area (TPSA) is 39.2 Å². The van der Waals surface area contributed by atoms with Gasteiger partial charge in [-0.2, -0.15) is 0 Å². The predicted octanol–water partition coefficient (Wildman–Crippen LogP) is 3.98. The lowest BCUT2D eigenvalue weighted by Crippen LogP contribution is -2.31. The first-order valence-electron chi connectivity index (χ1n) is 7.75. The summed E-state index contributed by atoms with van der Waals surface area (Å²) in [6, 6.07) is 11.8. The summed E-state index contributed by atoms with van der Waals surface area (Å²) in [6.45, 7) is 5.86. The van der Waals surface area contributed by atoms with Crippen LogP contribution in [0, 0.1) is 12.7 Å². The van der Waals surface area contributed by atoms with Gasteiger partial charge in [0.2, 0.25) is 0 Å². The van der Waals surface area contributed by atoms with Crippen molar-refractivity contribution in [2.24, 2.45) is 0 Å². The maximum Gasteiger partial charge on any atom is 0.315 e. The Morgan fingerprint density at radius 2 is 1.87 bits per heavy atom. The number of benzene rings is 1. The number of carbonyl (C=O) groups is 1. The number of rotatable bonds is 6. The lowest BCUT2D eigenvalue weighted by atomic mass is 9.85. The molecule has 0 radical (unpaired) electrons. The Bertz CT molecular complexity index is 665. The molecule has 0 aliphatic heterocycles. The summed E-state index contributed by atoms with van der Waals surface area (Å²) in [5.41, 5.74) is 1.93. The molecule has 0 fully saturated rings. The van der Waals surface area contributed by atoms with Crippen LogP contribution in [0.1, 0.15) is 37.2 Å². The van der Waals surface area contributed by atoms with Crippen LogP contribution in [0.5, 0.6) is 0 Å². The van der Waals surface area contributed by atoms with E-state index in [2.05, 4.69) is 4.98 Å². The Kier molecular flexibility index (Phi) is 5.48. The first-order chi connectivity index (χ1) is 10.9. The molecule has 1 heterocycles. The van der Waals surface area contributed by atoms with E-state index in [1.807, 2.05) is 25.1 Å². The van der Waals surface area contributed by atoms with Gasteiger partial charge in [-0.1, -0.05) is 18.2 Å². The summed E-state index contributed by atoms with van der Waals surface area (Å²) in [5, 5.41) is 0. The van der Waals surface area contributed by atoms with Gasteiger partial charge < -0.3 is 4.74 Å². The first-order valence-corrected chi connectivity index (χ1v) is 7.75. The molecule has 0 saturated heterocycles. The zero-order valence-corrected chi connectivity index (χ0v) is 13.8. The fraction of sp³-hybridized carbons (Fsp3) is 0.368. The first kappa shape index (κ1) is 17.1. The van der Waals surface area contributed by atoms with E-state index in [0.29, 0.717) is 6.61 Å². The Balaban J connectivity index is 1.85. The highest BCUT2D eigenvalue weighted by Gasteiger charge is 2.31. The van der Waals surface area contributed by atoms with Crippen molar-refractivity contribution in [2.75, 3.05) is 6.61 Å². The number of nitrogens with zero attached hydrogens (tertiary/aromatic N) is 1. The normalized spacial score (nSPS) is 11.3. The number of hydrogen-bond donors (Lipinski definition) is 0. The van der Waals surface area contributed by atoms with Crippen molar-refractivity contribution in [3.8, 4) is 0 Å². The number of carbonyl (C=O) groups excluding carboxylic acids is 1. The summed E-state index contributed by atoms with van der Waals surface area (Å²) in [7, 11) is 0. The molecule has 0 atom stereocenters. The molecular weight excluding hydrogens is 293 g/mol. The van der Waals surface area contributed by atoms with Gasteiger partial charge in [-0.05, 0) is 63.4 Å². The Labute approximate surface area is 136 Å². The molecule has 3 nitrogen and oxygen atoms in total. The summed E-state index contributed by atoms with van der Waals surface area (Å²) >= 11 is 0. The summed E-state index contributed by atoms with van der Waals surface area (Å²) in [5.74, 6) is -0.620. The predicted molar refractivity (Wildman–Crippen MR) is 87.7 cm³/mol. The lowest BCUT2D eigenvalue weighted by Gasteiger charge is -2.23. The average molecular weight is 315 g/mol. The molecule has 2 rings (SSSR count). The van der Waals surface area contributed by atoms with Crippen LogP contribution in [0.3, 0.4) is 0 Å². The second-order valence-corrected chi connectivity index (χ2v) is 6.14. The summed E-state index contributed by atoms with van der Waals surface area (Å²) < 4.78 is 18.4. The van der Waals surface area contributed by atoms with Crippen molar-refractivity contribution < 1.29 is 13.9 Å². The fourth-order valence-electron chi connectivity index (χ4n) is 2.32. The van der Waals surface area contributed by atoms with Gasteiger partial charge in [-0.25, -0.2) is 4.39 Å². The van der Waals surface area contributed by atoms with Crippen molar-refractivity contribution in [1.82, 2.24) is 4.98 Å². The minimum Gasteiger partial charge on any atom is -0.465 e. The van der Waals surface area contributed by atoms with Gasteiger partial charge in [0.05, 0.1) is 12.0 Å². The molecule has 0 saturated carbocycles. The molecule has 0 N–H and O–H groups in total. The molecule has 1 aromatic carbocycles. The van der Waals surface area contributed by atoms with Crippen LogP contribution >= 0.6 is 0 Å². The van der Waals surface area contributed by atoms with Gasteiger partial charge in [0.25, 0.3) is 0 Å². The third kappa shape index (κ3) is 4.62. The molecule has 0 spiro atoms. The Morgan fingerprint density at radius 3 is 2.52 bits per heavy atom. The molecular formula is C19H22FNO2. The SMILES string of the molecule is Cc1cccc(CCCOC(=O)C(C)(C)c2ccc(F)cc2)n1. The molecule has 2 aromatic rings. The molecule has 0 aliphatic rings. The van der Waals surface area contributed by atoms with Crippen molar-refractivity contribution in [3.05, 3.63) is 65.2 Å². The van der Waals surface area contributed by atoms with E-state index >= 15 is 0 Å². The standard InChI is InChI=1S/C19H22FNO2/c1-14-6-4-7-17(21-14)8-5-13-23-18(22)19(2,3)15-9-11-16(20)12-10-15/h4,6-7,9-12H,5,8,13H2,1-3H3. The highest BCUT2D eigenvalue weighted by atomic mass is 19.1. The van der Waals surface area contributed by atoms with Crippen LogP contribution in [0.15, 0.2) is 42.5 Å². The monoisotopic (exact) mass is 315 g/mol. The Hall–Kier alpha value is -2.23. The molecule has 4 heteroatoms. The van der Waals surface area contributed by atoms with Crippen LogP contribution in [0.2, 0.25) is 0 Å². The quantitative estimate of drug-likeness (QED) is 0.598. The van der Waals surface area contributed by atoms with Gasteiger partial charge in [-0.15, -0.1) is 0 Å². The maximum absolute atomic E-state index is 13.0. The molecule has 1 aromatic heterocycles.